The van der Waals surface area contributed by atoms with Crippen LogP contribution < -0.4 is 5.32 Å². The van der Waals surface area contributed by atoms with Crippen LogP contribution in [0.15, 0.2) is 48.5 Å². The Bertz CT molecular complexity index is 794. The highest BCUT2D eigenvalue weighted by atomic mass is 35.5. The molecule has 28 heavy (non-hydrogen) atoms. The molecule has 150 valence electrons. The number of halogens is 2. The van der Waals surface area contributed by atoms with Gasteiger partial charge in [-0.25, -0.2) is 9.18 Å². The van der Waals surface area contributed by atoms with Gasteiger partial charge in [-0.15, -0.1) is 0 Å². The van der Waals surface area contributed by atoms with Crippen LogP contribution in [0.1, 0.15) is 25.0 Å². The molecule has 0 saturated heterocycles. The second kappa shape index (κ2) is 10.1. The topological polar surface area (TPSA) is 58.6 Å². The molecule has 7 heteroatoms. The fraction of sp³-hybridized carbons (Fsp3) is 0.333. The minimum atomic E-state index is -0.807. The summed E-state index contributed by atoms with van der Waals surface area (Å²) >= 11 is 6.04. The molecule has 0 aliphatic rings. The van der Waals surface area contributed by atoms with E-state index in [-0.39, 0.29) is 35.6 Å². The minimum absolute atomic E-state index is 0.00565. The number of ether oxygens (including phenoxy) is 1. The van der Waals surface area contributed by atoms with Gasteiger partial charge in [0, 0.05) is 24.2 Å². The Hall–Kier alpha value is -2.60. The molecule has 0 saturated carbocycles. The first-order valence-corrected chi connectivity index (χ1v) is 9.32. The number of carbonyl (C=O) groups is 2. The molecule has 2 aromatic carbocycles. The zero-order valence-corrected chi connectivity index (χ0v) is 16.9. The largest absolute Gasteiger partial charge is 0.445 e. The molecular formula is C21H24ClFN2O3. The van der Waals surface area contributed by atoms with Crippen LogP contribution in [0.2, 0.25) is 5.02 Å². The van der Waals surface area contributed by atoms with Gasteiger partial charge in [0.25, 0.3) is 0 Å². The van der Waals surface area contributed by atoms with Gasteiger partial charge in [-0.2, -0.15) is 0 Å². The van der Waals surface area contributed by atoms with Crippen LogP contribution in [0.5, 0.6) is 0 Å². The van der Waals surface area contributed by atoms with Crippen molar-refractivity contribution < 1.29 is 18.7 Å². The summed E-state index contributed by atoms with van der Waals surface area (Å²) in [5, 5.41) is 2.85. The van der Waals surface area contributed by atoms with Crippen molar-refractivity contribution in [1.82, 2.24) is 10.2 Å². The monoisotopic (exact) mass is 406 g/mol. The van der Waals surface area contributed by atoms with Gasteiger partial charge in [0.15, 0.2) is 0 Å². The standard InChI is InChI=1S/C21H24ClFN2O3/c1-14(2)19(24-21(27)28-13-15-8-5-4-6-9-15)20(26)25(3)12-16-17(22)10-7-11-18(16)23/h4-11,14,19H,12-13H2,1-3H3,(H,24,27). The van der Waals surface area contributed by atoms with Gasteiger partial charge in [0.05, 0.1) is 0 Å². The fourth-order valence-electron chi connectivity index (χ4n) is 2.64. The van der Waals surface area contributed by atoms with Crippen molar-refractivity contribution in [3.8, 4) is 0 Å². The highest BCUT2D eigenvalue weighted by Gasteiger charge is 2.28. The number of benzene rings is 2. The maximum Gasteiger partial charge on any atom is 0.408 e. The van der Waals surface area contributed by atoms with Crippen molar-refractivity contribution in [2.45, 2.75) is 33.0 Å². The molecule has 1 N–H and O–H groups in total. The molecular weight excluding hydrogens is 383 g/mol. The Kier molecular flexibility index (Phi) is 7.81. The Morgan fingerprint density at radius 2 is 1.82 bits per heavy atom. The fourth-order valence-corrected chi connectivity index (χ4v) is 2.86. The third kappa shape index (κ3) is 5.96. The van der Waals surface area contributed by atoms with Crippen LogP contribution >= 0.6 is 11.6 Å². The number of nitrogens with one attached hydrogen (secondary N) is 1. The first kappa shape index (κ1) is 21.7. The van der Waals surface area contributed by atoms with Crippen molar-refractivity contribution >= 4 is 23.6 Å². The van der Waals surface area contributed by atoms with Gasteiger partial charge in [-0.1, -0.05) is 61.8 Å². The SMILES string of the molecule is CC(C)C(NC(=O)OCc1ccccc1)C(=O)N(C)Cc1c(F)cccc1Cl. The van der Waals surface area contributed by atoms with Gasteiger partial charge in [-0.3, -0.25) is 4.79 Å². The van der Waals surface area contributed by atoms with Gasteiger partial charge in [-0.05, 0) is 23.6 Å². The average Bonchev–Trinajstić information content (AvgIpc) is 2.67. The Balaban J connectivity index is 1.99. The zero-order valence-electron chi connectivity index (χ0n) is 16.1. The van der Waals surface area contributed by atoms with E-state index in [9.17, 15) is 14.0 Å². The van der Waals surface area contributed by atoms with E-state index in [2.05, 4.69) is 5.32 Å². The van der Waals surface area contributed by atoms with Crippen molar-refractivity contribution in [2.24, 2.45) is 5.92 Å². The number of hydrogen-bond acceptors (Lipinski definition) is 3. The molecule has 2 rings (SSSR count). The third-order valence-electron chi connectivity index (χ3n) is 4.25. The molecule has 2 amide bonds. The highest BCUT2D eigenvalue weighted by molar-refractivity contribution is 6.31. The predicted molar refractivity (Wildman–Crippen MR) is 106 cm³/mol. The summed E-state index contributed by atoms with van der Waals surface area (Å²) in [6.07, 6.45) is -0.687. The summed E-state index contributed by atoms with van der Waals surface area (Å²) in [5.74, 6) is -1.02. The number of alkyl carbamates (subject to hydrolysis) is 1. The summed E-state index contributed by atoms with van der Waals surface area (Å²) in [7, 11) is 1.54. The lowest BCUT2D eigenvalue weighted by Crippen LogP contribution is -2.50. The molecule has 1 unspecified atom stereocenters. The number of amides is 2. The molecule has 2 aromatic rings. The summed E-state index contributed by atoms with van der Waals surface area (Å²) in [5.41, 5.74) is 1.07. The van der Waals surface area contributed by atoms with E-state index in [0.29, 0.717) is 0 Å². The van der Waals surface area contributed by atoms with Crippen LogP contribution in [0.4, 0.5) is 9.18 Å². The second-order valence-corrected chi connectivity index (χ2v) is 7.23. The Morgan fingerprint density at radius 1 is 1.14 bits per heavy atom. The minimum Gasteiger partial charge on any atom is -0.445 e. The van der Waals surface area contributed by atoms with E-state index in [1.807, 2.05) is 44.2 Å². The number of rotatable bonds is 7. The van der Waals surface area contributed by atoms with E-state index < -0.39 is 18.0 Å². The van der Waals surface area contributed by atoms with Gasteiger partial charge in [0.1, 0.15) is 18.5 Å². The smallest absolute Gasteiger partial charge is 0.408 e. The molecule has 0 heterocycles. The van der Waals surface area contributed by atoms with Crippen LogP contribution in [0.25, 0.3) is 0 Å². The van der Waals surface area contributed by atoms with Crippen LogP contribution in [0, 0.1) is 11.7 Å². The quantitative estimate of drug-likeness (QED) is 0.741. The molecule has 0 spiro atoms. The molecule has 0 aromatic heterocycles. The Morgan fingerprint density at radius 3 is 2.43 bits per heavy atom. The molecule has 0 bridgehead atoms. The average molecular weight is 407 g/mol. The lowest BCUT2D eigenvalue weighted by atomic mass is 10.0. The first-order chi connectivity index (χ1) is 13.3. The maximum atomic E-state index is 14.0. The summed E-state index contributed by atoms with van der Waals surface area (Å²) in [4.78, 5) is 26.3. The number of carbonyl (C=O) groups excluding carboxylic acids is 2. The van der Waals surface area contributed by atoms with Crippen LogP contribution in [0.3, 0.4) is 0 Å². The molecule has 0 fully saturated rings. The van der Waals surface area contributed by atoms with Crippen molar-refractivity contribution in [1.29, 1.82) is 0 Å². The number of nitrogens with zero attached hydrogens (tertiary/aromatic N) is 1. The predicted octanol–water partition coefficient (Wildman–Crippen LogP) is 4.39. The van der Waals surface area contributed by atoms with Crippen molar-refractivity contribution in [3.63, 3.8) is 0 Å². The van der Waals surface area contributed by atoms with Gasteiger partial charge >= 0.3 is 6.09 Å². The van der Waals surface area contributed by atoms with E-state index in [1.54, 1.807) is 6.07 Å². The summed E-state index contributed by atoms with van der Waals surface area (Å²) < 4.78 is 19.2. The van der Waals surface area contributed by atoms with E-state index >= 15 is 0 Å². The Labute approximate surface area is 169 Å². The van der Waals surface area contributed by atoms with Crippen LogP contribution in [-0.4, -0.2) is 30.0 Å². The molecule has 0 aliphatic heterocycles. The molecule has 0 radical (unpaired) electrons. The molecule has 5 nitrogen and oxygen atoms in total. The zero-order chi connectivity index (χ0) is 20.7. The van der Waals surface area contributed by atoms with Crippen molar-refractivity contribution in [2.75, 3.05) is 7.05 Å². The van der Waals surface area contributed by atoms with Crippen LogP contribution in [-0.2, 0) is 22.7 Å². The lowest BCUT2D eigenvalue weighted by Gasteiger charge is -2.27. The maximum absolute atomic E-state index is 14.0. The first-order valence-electron chi connectivity index (χ1n) is 8.94. The summed E-state index contributed by atoms with van der Waals surface area (Å²) in [6, 6.07) is 12.8. The molecule has 1 atom stereocenters. The number of hydrogen-bond donors (Lipinski definition) is 1. The van der Waals surface area contributed by atoms with E-state index in [1.165, 1.54) is 24.1 Å². The van der Waals surface area contributed by atoms with Gasteiger partial charge < -0.3 is 15.0 Å². The molecule has 0 aliphatic carbocycles. The highest BCUT2D eigenvalue weighted by Crippen LogP contribution is 2.21. The second-order valence-electron chi connectivity index (χ2n) is 6.82. The number of likely N-dealkylation sites (N-methyl/N-ethyl adjacent to an activating group) is 1. The van der Waals surface area contributed by atoms with Crippen molar-refractivity contribution in [3.05, 3.63) is 70.5 Å². The van der Waals surface area contributed by atoms with E-state index in [0.717, 1.165) is 5.56 Å². The lowest BCUT2D eigenvalue weighted by molar-refractivity contribution is -0.133. The summed E-state index contributed by atoms with van der Waals surface area (Å²) in [6.45, 7) is 3.72. The third-order valence-corrected chi connectivity index (χ3v) is 4.61. The van der Waals surface area contributed by atoms with E-state index in [4.69, 9.17) is 16.3 Å². The van der Waals surface area contributed by atoms with Gasteiger partial charge in [0.2, 0.25) is 5.91 Å². The normalized spacial score (nSPS) is 11.8.